The van der Waals surface area contributed by atoms with E-state index in [1.807, 2.05) is 0 Å². The predicted octanol–water partition coefficient (Wildman–Crippen LogP) is 3.22. The standard InChI is InChI=1S/C25H39N5O/c1-6-19(2)25(26-24-18-27(4)10-11-28(24)5)30-14-12-29(13-15-30)20(3)22-8-7-21-9-16-31-23(21)17-22/h7-8,17,20H,6,9-16,18H2,1-5H3/b25-19+,26-24?. The molecule has 170 valence electrons. The molecule has 31 heavy (non-hydrogen) atoms. The van der Waals surface area contributed by atoms with Crippen molar-refractivity contribution in [1.82, 2.24) is 19.6 Å². The van der Waals surface area contributed by atoms with Gasteiger partial charge in [0, 0.05) is 58.8 Å². The summed E-state index contributed by atoms with van der Waals surface area (Å²) >= 11 is 0. The van der Waals surface area contributed by atoms with Crippen LogP contribution in [0.25, 0.3) is 0 Å². The van der Waals surface area contributed by atoms with Crippen LogP contribution in [0.3, 0.4) is 0 Å². The van der Waals surface area contributed by atoms with Crippen molar-refractivity contribution in [3.8, 4) is 5.75 Å². The maximum Gasteiger partial charge on any atom is 0.129 e. The first-order chi connectivity index (χ1) is 15.0. The molecule has 0 N–H and O–H groups in total. The number of ether oxygens (including phenoxy) is 1. The summed E-state index contributed by atoms with van der Waals surface area (Å²) in [6, 6.07) is 7.20. The number of piperazine rings is 2. The Hall–Kier alpha value is -2.05. The maximum atomic E-state index is 5.80. The lowest BCUT2D eigenvalue weighted by Gasteiger charge is -2.40. The number of fused-ring (bicyclic) bond motifs is 1. The van der Waals surface area contributed by atoms with E-state index in [1.165, 1.54) is 28.4 Å². The van der Waals surface area contributed by atoms with E-state index in [0.29, 0.717) is 6.04 Å². The molecule has 4 rings (SSSR count). The van der Waals surface area contributed by atoms with Crippen LogP contribution in [0.4, 0.5) is 0 Å². The lowest BCUT2D eigenvalue weighted by molar-refractivity contribution is 0.121. The Labute approximate surface area is 188 Å². The lowest BCUT2D eigenvalue weighted by atomic mass is 10.0. The summed E-state index contributed by atoms with van der Waals surface area (Å²) in [6.07, 6.45) is 2.08. The van der Waals surface area contributed by atoms with Gasteiger partial charge in [-0.25, -0.2) is 4.99 Å². The van der Waals surface area contributed by atoms with Gasteiger partial charge in [0.05, 0.1) is 13.2 Å². The Morgan fingerprint density at radius 2 is 1.87 bits per heavy atom. The van der Waals surface area contributed by atoms with Gasteiger partial charge in [0.15, 0.2) is 0 Å². The topological polar surface area (TPSA) is 34.5 Å². The van der Waals surface area contributed by atoms with Crippen LogP contribution in [-0.2, 0) is 6.42 Å². The van der Waals surface area contributed by atoms with Crippen LogP contribution >= 0.6 is 0 Å². The first kappa shape index (κ1) is 22.2. The summed E-state index contributed by atoms with van der Waals surface area (Å²) in [4.78, 5) is 15.0. The molecule has 0 radical (unpaired) electrons. The molecule has 0 aromatic heterocycles. The SMILES string of the molecule is CC/C(C)=C(\N=C1CN(C)CCN1C)N1CCN(C(C)c2ccc3c(c2)OCC3)CC1. The Morgan fingerprint density at radius 1 is 1.10 bits per heavy atom. The van der Waals surface area contributed by atoms with E-state index in [2.05, 4.69) is 72.7 Å². The van der Waals surface area contributed by atoms with E-state index in [-0.39, 0.29) is 0 Å². The van der Waals surface area contributed by atoms with Crippen molar-refractivity contribution in [3.05, 3.63) is 40.7 Å². The summed E-state index contributed by atoms with van der Waals surface area (Å²) in [5, 5.41) is 0. The van der Waals surface area contributed by atoms with Gasteiger partial charge in [-0.05, 0) is 50.1 Å². The zero-order valence-corrected chi connectivity index (χ0v) is 20.0. The zero-order chi connectivity index (χ0) is 22.0. The highest BCUT2D eigenvalue weighted by molar-refractivity contribution is 5.85. The number of nitrogens with zero attached hydrogens (tertiary/aromatic N) is 5. The van der Waals surface area contributed by atoms with Crippen molar-refractivity contribution >= 4 is 5.84 Å². The van der Waals surface area contributed by atoms with Gasteiger partial charge in [-0.3, -0.25) is 9.80 Å². The number of likely N-dealkylation sites (N-methyl/N-ethyl adjacent to an activating group) is 2. The fourth-order valence-electron chi connectivity index (χ4n) is 4.70. The maximum absolute atomic E-state index is 5.80. The smallest absolute Gasteiger partial charge is 0.129 e. The minimum atomic E-state index is 0.404. The second-order valence-electron chi connectivity index (χ2n) is 9.31. The monoisotopic (exact) mass is 425 g/mol. The summed E-state index contributed by atoms with van der Waals surface area (Å²) < 4.78 is 5.80. The molecule has 1 aromatic carbocycles. The average molecular weight is 426 g/mol. The van der Waals surface area contributed by atoms with Crippen LogP contribution < -0.4 is 4.74 Å². The number of amidine groups is 1. The Bertz CT molecular complexity index is 840. The van der Waals surface area contributed by atoms with Crippen LogP contribution in [-0.4, -0.2) is 92.0 Å². The Kier molecular flexibility index (Phi) is 6.87. The van der Waals surface area contributed by atoms with Gasteiger partial charge >= 0.3 is 0 Å². The number of hydrogen-bond donors (Lipinski definition) is 0. The molecule has 3 heterocycles. The first-order valence-corrected chi connectivity index (χ1v) is 11.9. The van der Waals surface area contributed by atoms with Crippen LogP contribution in [0.15, 0.2) is 34.6 Å². The van der Waals surface area contributed by atoms with Gasteiger partial charge in [-0.15, -0.1) is 0 Å². The number of hydrogen-bond acceptors (Lipinski definition) is 5. The summed E-state index contributed by atoms with van der Waals surface area (Å²) in [7, 11) is 4.35. The third kappa shape index (κ3) is 4.90. The molecule has 2 saturated heterocycles. The fraction of sp³-hybridized carbons (Fsp3) is 0.640. The van der Waals surface area contributed by atoms with Gasteiger partial charge < -0.3 is 14.5 Å². The highest BCUT2D eigenvalue weighted by Crippen LogP contribution is 2.31. The number of benzene rings is 1. The molecule has 6 heteroatoms. The molecule has 1 atom stereocenters. The normalized spacial score (nSPS) is 23.6. The van der Waals surface area contributed by atoms with E-state index in [4.69, 9.17) is 9.73 Å². The molecule has 0 amide bonds. The Balaban J connectivity index is 1.44. The van der Waals surface area contributed by atoms with Gasteiger partial charge in [-0.2, -0.15) is 0 Å². The highest BCUT2D eigenvalue weighted by atomic mass is 16.5. The largest absolute Gasteiger partial charge is 0.493 e. The molecule has 1 unspecified atom stereocenters. The van der Waals surface area contributed by atoms with Gasteiger partial charge in [0.25, 0.3) is 0 Å². The van der Waals surface area contributed by atoms with Crippen molar-refractivity contribution in [2.24, 2.45) is 4.99 Å². The average Bonchev–Trinajstić information content (AvgIpc) is 3.26. The molecule has 0 spiro atoms. The van der Waals surface area contributed by atoms with Crippen LogP contribution in [0.2, 0.25) is 0 Å². The molecule has 3 aliphatic rings. The minimum Gasteiger partial charge on any atom is -0.493 e. The molecule has 0 bridgehead atoms. The van der Waals surface area contributed by atoms with Crippen LogP contribution in [0.1, 0.15) is 44.4 Å². The van der Waals surface area contributed by atoms with Crippen molar-refractivity contribution in [3.63, 3.8) is 0 Å². The molecule has 6 nitrogen and oxygen atoms in total. The van der Waals surface area contributed by atoms with Gasteiger partial charge in [0.1, 0.15) is 17.4 Å². The van der Waals surface area contributed by atoms with Gasteiger partial charge in [-0.1, -0.05) is 19.1 Å². The first-order valence-electron chi connectivity index (χ1n) is 11.9. The van der Waals surface area contributed by atoms with Crippen molar-refractivity contribution in [2.75, 3.05) is 66.5 Å². The van der Waals surface area contributed by atoms with Crippen molar-refractivity contribution < 1.29 is 4.74 Å². The third-order valence-electron chi connectivity index (χ3n) is 7.18. The van der Waals surface area contributed by atoms with Crippen molar-refractivity contribution in [1.29, 1.82) is 0 Å². The highest BCUT2D eigenvalue weighted by Gasteiger charge is 2.26. The number of rotatable bonds is 5. The van der Waals surface area contributed by atoms with E-state index < -0.39 is 0 Å². The zero-order valence-electron chi connectivity index (χ0n) is 20.0. The van der Waals surface area contributed by atoms with E-state index in [1.54, 1.807) is 0 Å². The fourth-order valence-corrected chi connectivity index (χ4v) is 4.70. The second kappa shape index (κ2) is 9.61. The second-order valence-corrected chi connectivity index (χ2v) is 9.31. The van der Waals surface area contributed by atoms with E-state index in [9.17, 15) is 0 Å². The van der Waals surface area contributed by atoms with E-state index in [0.717, 1.165) is 71.0 Å². The summed E-state index contributed by atoms with van der Waals surface area (Å²) in [5.74, 6) is 3.47. The molecule has 0 saturated carbocycles. The molecule has 0 aliphatic carbocycles. The Morgan fingerprint density at radius 3 is 2.61 bits per heavy atom. The number of aliphatic imine (C=N–C) groups is 1. The third-order valence-corrected chi connectivity index (χ3v) is 7.18. The lowest BCUT2D eigenvalue weighted by Crippen LogP contribution is -2.49. The minimum absolute atomic E-state index is 0.404. The summed E-state index contributed by atoms with van der Waals surface area (Å²) in [6.45, 7) is 14.9. The molecule has 1 aromatic rings. The van der Waals surface area contributed by atoms with Crippen LogP contribution in [0.5, 0.6) is 5.75 Å². The number of allylic oxidation sites excluding steroid dienone is 1. The van der Waals surface area contributed by atoms with Crippen molar-refractivity contribution in [2.45, 2.75) is 39.7 Å². The quantitative estimate of drug-likeness (QED) is 0.724. The molecular formula is C25H39N5O. The molecule has 2 fully saturated rings. The van der Waals surface area contributed by atoms with E-state index >= 15 is 0 Å². The molecular weight excluding hydrogens is 386 g/mol. The summed E-state index contributed by atoms with van der Waals surface area (Å²) in [5.41, 5.74) is 4.09. The van der Waals surface area contributed by atoms with Crippen LogP contribution in [0, 0.1) is 0 Å². The molecule has 3 aliphatic heterocycles. The van der Waals surface area contributed by atoms with Gasteiger partial charge in [0.2, 0.25) is 0 Å². The predicted molar refractivity (Wildman–Crippen MR) is 128 cm³/mol.